The molecule has 104 valence electrons. The number of amides is 1. The summed E-state index contributed by atoms with van der Waals surface area (Å²) in [7, 11) is 0. The minimum absolute atomic E-state index is 0.0301. The van der Waals surface area contributed by atoms with Gasteiger partial charge in [-0.1, -0.05) is 6.07 Å². The molecule has 1 fully saturated rings. The van der Waals surface area contributed by atoms with Crippen molar-refractivity contribution in [2.75, 3.05) is 26.3 Å². The van der Waals surface area contributed by atoms with Gasteiger partial charge >= 0.3 is 0 Å². The van der Waals surface area contributed by atoms with Crippen molar-refractivity contribution in [3.8, 4) is 5.75 Å². The number of carbonyl (C=O) groups is 1. The van der Waals surface area contributed by atoms with Crippen LogP contribution in [0.25, 0.3) is 0 Å². The summed E-state index contributed by atoms with van der Waals surface area (Å²) in [4.78, 5) is 14.0. The molecule has 0 saturated carbocycles. The van der Waals surface area contributed by atoms with Crippen molar-refractivity contribution in [1.29, 1.82) is 0 Å². The van der Waals surface area contributed by atoms with E-state index in [9.17, 15) is 4.79 Å². The summed E-state index contributed by atoms with van der Waals surface area (Å²) < 4.78 is 11.0. The van der Waals surface area contributed by atoms with E-state index in [-0.39, 0.29) is 5.91 Å². The maximum absolute atomic E-state index is 12.2. The first kappa shape index (κ1) is 13.9. The Hall–Kier alpha value is -1.55. The van der Waals surface area contributed by atoms with Gasteiger partial charge in [-0.25, -0.2) is 0 Å². The van der Waals surface area contributed by atoms with Gasteiger partial charge in [0.2, 0.25) is 0 Å². The summed E-state index contributed by atoms with van der Waals surface area (Å²) in [6.07, 6.45) is -0.459. The molecular formula is C15H21NO3. The number of hydrogen-bond acceptors (Lipinski definition) is 3. The normalized spacial score (nSPS) is 17.1. The predicted molar refractivity (Wildman–Crippen MR) is 73.4 cm³/mol. The quantitative estimate of drug-likeness (QED) is 0.836. The van der Waals surface area contributed by atoms with E-state index in [0.717, 1.165) is 16.9 Å². The molecule has 0 bridgehead atoms. The summed E-state index contributed by atoms with van der Waals surface area (Å²) in [5, 5.41) is 0. The van der Waals surface area contributed by atoms with Crippen LogP contribution in [-0.4, -0.2) is 43.2 Å². The first-order valence-corrected chi connectivity index (χ1v) is 6.68. The third-order valence-electron chi connectivity index (χ3n) is 3.18. The van der Waals surface area contributed by atoms with E-state index in [4.69, 9.17) is 9.47 Å². The van der Waals surface area contributed by atoms with Gasteiger partial charge in [-0.05, 0) is 44.0 Å². The van der Waals surface area contributed by atoms with E-state index >= 15 is 0 Å². The fourth-order valence-corrected chi connectivity index (χ4v) is 2.30. The Balaban J connectivity index is 1.99. The van der Waals surface area contributed by atoms with Crippen molar-refractivity contribution in [2.45, 2.75) is 26.9 Å². The standard InChI is InChI=1S/C15H21NO3/c1-11-8-12(2)10-14(9-11)19-13(3)15(17)16-4-6-18-7-5-16/h8-10,13H,4-7H2,1-3H3. The second kappa shape index (κ2) is 6.06. The highest BCUT2D eigenvalue weighted by Gasteiger charge is 2.23. The van der Waals surface area contributed by atoms with Crippen molar-refractivity contribution in [3.05, 3.63) is 29.3 Å². The SMILES string of the molecule is Cc1cc(C)cc(OC(C)C(=O)N2CCOCC2)c1. The highest BCUT2D eigenvalue weighted by Crippen LogP contribution is 2.18. The van der Waals surface area contributed by atoms with Crippen molar-refractivity contribution in [2.24, 2.45) is 0 Å². The lowest BCUT2D eigenvalue weighted by atomic mass is 10.1. The number of hydrogen-bond donors (Lipinski definition) is 0. The second-order valence-corrected chi connectivity index (χ2v) is 5.02. The van der Waals surface area contributed by atoms with E-state index in [1.54, 1.807) is 11.8 Å². The lowest BCUT2D eigenvalue weighted by Crippen LogP contribution is -2.46. The zero-order valence-electron chi connectivity index (χ0n) is 11.8. The lowest BCUT2D eigenvalue weighted by Gasteiger charge is -2.29. The summed E-state index contributed by atoms with van der Waals surface area (Å²) in [6, 6.07) is 5.99. The summed E-state index contributed by atoms with van der Waals surface area (Å²) in [5.74, 6) is 0.786. The molecule has 0 aliphatic carbocycles. The second-order valence-electron chi connectivity index (χ2n) is 5.02. The Morgan fingerprint density at radius 1 is 1.21 bits per heavy atom. The molecule has 1 heterocycles. The highest BCUT2D eigenvalue weighted by atomic mass is 16.5. The van der Waals surface area contributed by atoms with Crippen molar-refractivity contribution < 1.29 is 14.3 Å². The first-order chi connectivity index (χ1) is 9.06. The molecule has 1 aromatic carbocycles. The molecule has 1 saturated heterocycles. The molecule has 1 unspecified atom stereocenters. The van der Waals surface area contributed by atoms with Gasteiger partial charge in [-0.2, -0.15) is 0 Å². The molecule has 1 atom stereocenters. The predicted octanol–water partition coefficient (Wildman–Crippen LogP) is 1.93. The maximum atomic E-state index is 12.2. The number of rotatable bonds is 3. The monoisotopic (exact) mass is 263 g/mol. The molecule has 1 aliphatic heterocycles. The molecular weight excluding hydrogens is 242 g/mol. The van der Waals surface area contributed by atoms with Gasteiger partial charge in [0.15, 0.2) is 6.10 Å². The van der Waals surface area contributed by atoms with Crippen LogP contribution in [0.1, 0.15) is 18.1 Å². The Morgan fingerprint density at radius 3 is 2.37 bits per heavy atom. The van der Waals surface area contributed by atoms with Gasteiger partial charge in [0.25, 0.3) is 5.91 Å². The van der Waals surface area contributed by atoms with E-state index in [1.807, 2.05) is 26.0 Å². The average Bonchev–Trinajstić information content (AvgIpc) is 2.37. The first-order valence-electron chi connectivity index (χ1n) is 6.68. The number of aryl methyl sites for hydroxylation is 2. The fourth-order valence-electron chi connectivity index (χ4n) is 2.30. The number of carbonyl (C=O) groups excluding carboxylic acids is 1. The third-order valence-corrected chi connectivity index (χ3v) is 3.18. The largest absolute Gasteiger partial charge is 0.481 e. The Kier molecular flexibility index (Phi) is 4.43. The van der Waals surface area contributed by atoms with Crippen LogP contribution in [0.15, 0.2) is 18.2 Å². The summed E-state index contributed by atoms with van der Waals surface area (Å²) in [5.41, 5.74) is 2.28. The van der Waals surface area contributed by atoms with E-state index in [0.29, 0.717) is 26.3 Å². The van der Waals surface area contributed by atoms with Crippen LogP contribution in [0, 0.1) is 13.8 Å². The average molecular weight is 263 g/mol. The summed E-state index contributed by atoms with van der Waals surface area (Å²) in [6.45, 7) is 8.38. The van der Waals surface area contributed by atoms with Gasteiger partial charge in [0.05, 0.1) is 13.2 Å². The van der Waals surface area contributed by atoms with E-state index < -0.39 is 6.10 Å². The Bertz CT molecular complexity index is 432. The van der Waals surface area contributed by atoms with Gasteiger partial charge in [0, 0.05) is 13.1 Å². The molecule has 1 aliphatic rings. The van der Waals surface area contributed by atoms with Crippen molar-refractivity contribution in [3.63, 3.8) is 0 Å². The smallest absolute Gasteiger partial charge is 0.263 e. The molecule has 0 N–H and O–H groups in total. The van der Waals surface area contributed by atoms with Crippen LogP contribution in [-0.2, 0) is 9.53 Å². The topological polar surface area (TPSA) is 38.8 Å². The van der Waals surface area contributed by atoms with Gasteiger partial charge < -0.3 is 14.4 Å². The molecule has 4 nitrogen and oxygen atoms in total. The van der Waals surface area contributed by atoms with Crippen LogP contribution in [0.5, 0.6) is 5.75 Å². The van der Waals surface area contributed by atoms with E-state index in [2.05, 4.69) is 6.07 Å². The minimum atomic E-state index is -0.459. The number of nitrogens with zero attached hydrogens (tertiary/aromatic N) is 1. The summed E-state index contributed by atoms with van der Waals surface area (Å²) >= 11 is 0. The zero-order chi connectivity index (χ0) is 13.8. The van der Waals surface area contributed by atoms with Gasteiger partial charge in [-0.15, -0.1) is 0 Å². The Labute approximate surface area is 114 Å². The number of morpholine rings is 1. The van der Waals surface area contributed by atoms with Crippen LogP contribution in [0.2, 0.25) is 0 Å². The van der Waals surface area contributed by atoms with Crippen LogP contribution < -0.4 is 4.74 Å². The Morgan fingerprint density at radius 2 is 1.79 bits per heavy atom. The van der Waals surface area contributed by atoms with Gasteiger partial charge in [-0.3, -0.25) is 4.79 Å². The third kappa shape index (κ3) is 3.70. The minimum Gasteiger partial charge on any atom is -0.481 e. The van der Waals surface area contributed by atoms with Crippen molar-refractivity contribution in [1.82, 2.24) is 4.90 Å². The molecule has 0 aromatic heterocycles. The molecule has 1 aromatic rings. The molecule has 0 spiro atoms. The number of benzene rings is 1. The fraction of sp³-hybridized carbons (Fsp3) is 0.533. The molecule has 0 radical (unpaired) electrons. The molecule has 4 heteroatoms. The van der Waals surface area contributed by atoms with Crippen LogP contribution in [0.3, 0.4) is 0 Å². The molecule has 19 heavy (non-hydrogen) atoms. The van der Waals surface area contributed by atoms with Crippen LogP contribution in [0.4, 0.5) is 0 Å². The van der Waals surface area contributed by atoms with E-state index in [1.165, 1.54) is 0 Å². The molecule has 1 amide bonds. The maximum Gasteiger partial charge on any atom is 0.263 e. The highest BCUT2D eigenvalue weighted by molar-refractivity contribution is 5.81. The lowest BCUT2D eigenvalue weighted by molar-refractivity contribution is -0.142. The van der Waals surface area contributed by atoms with Crippen LogP contribution >= 0.6 is 0 Å². The molecule has 2 rings (SSSR count). The number of ether oxygens (including phenoxy) is 2. The zero-order valence-corrected chi connectivity index (χ0v) is 11.8. The van der Waals surface area contributed by atoms with Crippen molar-refractivity contribution >= 4 is 5.91 Å². The van der Waals surface area contributed by atoms with Gasteiger partial charge in [0.1, 0.15) is 5.75 Å².